The number of hydrogen-bond donors (Lipinski definition) is 1. The van der Waals surface area contributed by atoms with Gasteiger partial charge in [0.1, 0.15) is 17.2 Å². The molecule has 0 aliphatic carbocycles. The summed E-state index contributed by atoms with van der Waals surface area (Å²) in [6.07, 6.45) is -4.72. The number of benzene rings is 2. The van der Waals surface area contributed by atoms with E-state index in [1.807, 2.05) is 0 Å². The van der Waals surface area contributed by atoms with Crippen LogP contribution in [-0.2, 0) is 13.2 Å². The maximum Gasteiger partial charge on any atom is 0.435 e. The van der Waals surface area contributed by atoms with E-state index in [-0.39, 0.29) is 22.8 Å². The van der Waals surface area contributed by atoms with Gasteiger partial charge in [0.2, 0.25) is 0 Å². The van der Waals surface area contributed by atoms with Gasteiger partial charge in [-0.15, -0.1) is 0 Å². The van der Waals surface area contributed by atoms with Crippen molar-refractivity contribution in [2.45, 2.75) is 13.1 Å². The lowest BCUT2D eigenvalue weighted by atomic mass is 10.2. The van der Waals surface area contributed by atoms with Crippen LogP contribution in [0.4, 0.5) is 24.5 Å². The molecule has 3 aromatic rings. The molecule has 1 amide bonds. The fraction of sp³-hybridized carbons (Fsp3) is 0.158. The quantitative estimate of drug-likeness (QED) is 0.413. The number of nitrogens with zero attached hydrogens (tertiary/aromatic N) is 3. The second-order valence-electron chi connectivity index (χ2n) is 6.47. The summed E-state index contributed by atoms with van der Waals surface area (Å²) in [5.41, 5.74) is -1.38. The number of non-ortho nitro benzene ring substituents is 1. The molecule has 1 aromatic heterocycles. The first-order chi connectivity index (χ1) is 14.4. The minimum absolute atomic E-state index is 0.0379. The maximum absolute atomic E-state index is 12.8. The van der Waals surface area contributed by atoms with Gasteiger partial charge in [-0.25, -0.2) is 0 Å². The summed E-state index contributed by atoms with van der Waals surface area (Å²) < 4.78 is 44.9. The molecule has 162 valence electrons. The number of carbonyl (C=O) groups excluding carboxylic acids is 1. The average Bonchev–Trinajstić information content (AvgIpc) is 3.06. The Morgan fingerprint density at radius 3 is 2.52 bits per heavy atom. The third-order valence-electron chi connectivity index (χ3n) is 4.13. The smallest absolute Gasteiger partial charge is 0.435 e. The van der Waals surface area contributed by atoms with Crippen LogP contribution in [0.5, 0.6) is 11.5 Å². The van der Waals surface area contributed by atoms with Crippen LogP contribution in [0, 0.1) is 17.0 Å². The number of nitrogens with one attached hydrogen (secondary N) is 1. The van der Waals surface area contributed by atoms with Crippen LogP contribution >= 0.6 is 11.6 Å². The third kappa shape index (κ3) is 5.12. The Balaban J connectivity index is 1.91. The number of nitro groups is 1. The zero-order valence-electron chi connectivity index (χ0n) is 16.0. The van der Waals surface area contributed by atoms with E-state index in [2.05, 4.69) is 10.4 Å². The van der Waals surface area contributed by atoms with Crippen LogP contribution in [0.1, 0.15) is 21.7 Å². The summed E-state index contributed by atoms with van der Waals surface area (Å²) in [4.78, 5) is 23.0. The molecule has 0 saturated carbocycles. The zero-order chi connectivity index (χ0) is 22.9. The van der Waals surface area contributed by atoms with E-state index < -0.39 is 22.7 Å². The van der Waals surface area contributed by atoms with Crippen molar-refractivity contribution < 1.29 is 27.6 Å². The van der Waals surface area contributed by atoms with Crippen molar-refractivity contribution in [3.8, 4) is 11.5 Å². The summed E-state index contributed by atoms with van der Waals surface area (Å²) in [6, 6.07) is 8.88. The van der Waals surface area contributed by atoms with Crippen molar-refractivity contribution in [1.29, 1.82) is 0 Å². The third-order valence-corrected chi connectivity index (χ3v) is 4.36. The molecule has 0 spiro atoms. The molecular formula is C19H14ClF3N4O4. The van der Waals surface area contributed by atoms with Crippen molar-refractivity contribution in [1.82, 2.24) is 9.78 Å². The van der Waals surface area contributed by atoms with Gasteiger partial charge in [0.15, 0.2) is 5.69 Å². The fourth-order valence-corrected chi connectivity index (χ4v) is 2.91. The molecule has 0 aliphatic heterocycles. The van der Waals surface area contributed by atoms with E-state index in [4.69, 9.17) is 16.3 Å². The Labute approximate surface area is 178 Å². The van der Waals surface area contributed by atoms with E-state index in [0.717, 1.165) is 16.8 Å². The first kappa shape index (κ1) is 22.1. The first-order valence-electron chi connectivity index (χ1n) is 8.60. The molecule has 0 atom stereocenters. The summed E-state index contributed by atoms with van der Waals surface area (Å²) >= 11 is 5.90. The molecule has 8 nitrogen and oxygen atoms in total. The van der Waals surface area contributed by atoms with Gasteiger partial charge < -0.3 is 10.1 Å². The minimum atomic E-state index is -4.72. The molecule has 0 saturated heterocycles. The van der Waals surface area contributed by atoms with Crippen LogP contribution in [-0.4, -0.2) is 20.6 Å². The lowest BCUT2D eigenvalue weighted by Crippen LogP contribution is -2.16. The molecule has 0 unspecified atom stereocenters. The van der Waals surface area contributed by atoms with Gasteiger partial charge in [-0.05, 0) is 30.7 Å². The number of rotatable bonds is 5. The highest BCUT2D eigenvalue weighted by Crippen LogP contribution is 2.33. The lowest BCUT2D eigenvalue weighted by molar-refractivity contribution is -0.384. The molecule has 31 heavy (non-hydrogen) atoms. The predicted molar refractivity (Wildman–Crippen MR) is 106 cm³/mol. The van der Waals surface area contributed by atoms with E-state index in [9.17, 15) is 28.1 Å². The molecule has 1 N–H and O–H groups in total. The molecule has 2 aromatic carbocycles. The van der Waals surface area contributed by atoms with E-state index >= 15 is 0 Å². The molecule has 0 radical (unpaired) electrons. The van der Waals surface area contributed by atoms with Crippen molar-refractivity contribution in [2.24, 2.45) is 7.05 Å². The number of hydrogen-bond acceptors (Lipinski definition) is 5. The van der Waals surface area contributed by atoms with E-state index in [1.165, 1.54) is 13.1 Å². The number of amides is 1. The highest BCUT2D eigenvalue weighted by molar-refractivity contribution is 6.30. The SMILES string of the molecule is Cc1cc(Cl)ccc1Oc1cc(NC(=O)c2cc(C(F)(F)F)nn2C)cc([N+](=O)[O-])c1. The van der Waals surface area contributed by atoms with Crippen LogP contribution < -0.4 is 10.1 Å². The van der Waals surface area contributed by atoms with Crippen LogP contribution in [0.25, 0.3) is 0 Å². The maximum atomic E-state index is 12.8. The van der Waals surface area contributed by atoms with Gasteiger partial charge in [-0.3, -0.25) is 19.6 Å². The number of anilines is 1. The monoisotopic (exact) mass is 454 g/mol. The second-order valence-corrected chi connectivity index (χ2v) is 6.91. The van der Waals surface area contributed by atoms with Crippen molar-refractivity contribution in [2.75, 3.05) is 5.32 Å². The number of aryl methyl sites for hydroxylation is 2. The Bertz CT molecular complexity index is 1180. The van der Waals surface area contributed by atoms with Crippen molar-refractivity contribution in [3.63, 3.8) is 0 Å². The lowest BCUT2D eigenvalue weighted by Gasteiger charge is -2.11. The predicted octanol–water partition coefficient (Wildman–Crippen LogP) is 5.35. The minimum Gasteiger partial charge on any atom is -0.457 e. The Morgan fingerprint density at radius 1 is 1.23 bits per heavy atom. The van der Waals surface area contributed by atoms with Gasteiger partial charge in [0.05, 0.1) is 16.7 Å². The van der Waals surface area contributed by atoms with E-state index in [1.54, 1.807) is 25.1 Å². The number of aromatic nitrogens is 2. The average molecular weight is 455 g/mol. The van der Waals surface area contributed by atoms with E-state index in [0.29, 0.717) is 22.4 Å². The summed E-state index contributed by atoms with van der Waals surface area (Å²) in [5, 5.41) is 17.4. The molecule has 1 heterocycles. The Hall–Kier alpha value is -3.60. The zero-order valence-corrected chi connectivity index (χ0v) is 16.8. The number of nitro benzene ring substituents is 1. The molecule has 3 rings (SSSR count). The van der Waals surface area contributed by atoms with Gasteiger partial charge >= 0.3 is 6.18 Å². The number of alkyl halides is 3. The highest BCUT2D eigenvalue weighted by atomic mass is 35.5. The number of carbonyl (C=O) groups is 1. The second kappa shape index (κ2) is 8.26. The summed E-state index contributed by atoms with van der Waals surface area (Å²) in [7, 11) is 1.18. The molecular weight excluding hydrogens is 441 g/mol. The standard InChI is InChI=1S/C19H14ClF3N4O4/c1-10-5-11(20)3-4-16(10)31-14-7-12(6-13(8-14)27(29)30)24-18(28)15-9-17(19(21,22)23)25-26(15)2/h3-9H,1-2H3,(H,24,28). The largest absolute Gasteiger partial charge is 0.457 e. The molecule has 0 aliphatic rings. The van der Waals surface area contributed by atoms with Gasteiger partial charge in [0, 0.05) is 30.3 Å². The molecule has 12 heteroatoms. The molecule has 0 fully saturated rings. The highest BCUT2D eigenvalue weighted by Gasteiger charge is 2.35. The first-order valence-corrected chi connectivity index (χ1v) is 8.98. The Kier molecular flexibility index (Phi) is 5.89. The Morgan fingerprint density at radius 2 is 1.94 bits per heavy atom. The molecule has 0 bridgehead atoms. The van der Waals surface area contributed by atoms with Crippen LogP contribution in [0.15, 0.2) is 42.5 Å². The topological polar surface area (TPSA) is 99.3 Å². The normalized spacial score (nSPS) is 11.3. The summed E-state index contributed by atoms with van der Waals surface area (Å²) in [5.74, 6) is -0.515. The van der Waals surface area contributed by atoms with Gasteiger partial charge in [0.25, 0.3) is 11.6 Å². The van der Waals surface area contributed by atoms with Crippen LogP contribution in [0.2, 0.25) is 5.02 Å². The van der Waals surface area contributed by atoms with Crippen molar-refractivity contribution in [3.05, 3.63) is 74.6 Å². The number of ether oxygens (including phenoxy) is 1. The summed E-state index contributed by atoms with van der Waals surface area (Å²) in [6.45, 7) is 1.72. The van der Waals surface area contributed by atoms with Crippen molar-refractivity contribution >= 4 is 28.9 Å². The fourth-order valence-electron chi connectivity index (χ4n) is 2.69. The van der Waals surface area contributed by atoms with Gasteiger partial charge in [-0.2, -0.15) is 18.3 Å². The van der Waals surface area contributed by atoms with Crippen LogP contribution in [0.3, 0.4) is 0 Å². The number of halogens is 4. The van der Waals surface area contributed by atoms with Gasteiger partial charge in [-0.1, -0.05) is 11.6 Å².